The van der Waals surface area contributed by atoms with E-state index in [1.54, 1.807) is 43.1 Å². The monoisotopic (exact) mass is 538 g/mol. The lowest BCUT2D eigenvalue weighted by molar-refractivity contribution is -0.136. The van der Waals surface area contributed by atoms with E-state index in [0.29, 0.717) is 28.3 Å². The molecule has 3 N–H and O–H groups in total. The number of pyridine rings is 2. The van der Waals surface area contributed by atoms with Crippen LogP contribution < -0.4 is 15.4 Å². The van der Waals surface area contributed by atoms with E-state index in [-0.39, 0.29) is 42.7 Å². The van der Waals surface area contributed by atoms with Crippen LogP contribution in [-0.2, 0) is 11.4 Å². The number of halogens is 3. The van der Waals surface area contributed by atoms with Gasteiger partial charge in [0.05, 0.1) is 23.4 Å². The molecule has 202 valence electrons. The number of carboxylic acid groups (broad SMARTS) is 1. The van der Waals surface area contributed by atoms with Crippen LogP contribution >= 0.6 is 0 Å². The number of hydrogen-bond donors (Lipinski definition) is 2. The SMILES string of the molecule is Cc1cc(-c2c(OCc3cccc(N(C)CCC(=O)O)n3)nc(N)nc2-c2ccc(F)cc2)cc(C(F)F)n1. The minimum absolute atomic E-state index is 0.0130. The number of benzene rings is 1. The van der Waals surface area contributed by atoms with Crippen molar-refractivity contribution in [1.82, 2.24) is 19.9 Å². The molecule has 1 aromatic carbocycles. The third-order valence-corrected chi connectivity index (χ3v) is 5.70. The molecule has 0 spiro atoms. The molecule has 0 amide bonds. The number of anilines is 2. The molecule has 0 aliphatic heterocycles. The second kappa shape index (κ2) is 11.8. The highest BCUT2D eigenvalue weighted by Crippen LogP contribution is 2.39. The Kier molecular flexibility index (Phi) is 8.23. The van der Waals surface area contributed by atoms with Gasteiger partial charge < -0.3 is 20.5 Å². The Morgan fingerprint density at radius 1 is 1.05 bits per heavy atom. The van der Waals surface area contributed by atoms with Gasteiger partial charge in [0, 0.05) is 24.8 Å². The van der Waals surface area contributed by atoms with Crippen LogP contribution in [0.3, 0.4) is 0 Å². The normalized spacial score (nSPS) is 11.0. The van der Waals surface area contributed by atoms with Crippen LogP contribution in [0, 0.1) is 12.7 Å². The maximum Gasteiger partial charge on any atom is 0.305 e. The Morgan fingerprint density at radius 3 is 2.49 bits per heavy atom. The first-order valence-corrected chi connectivity index (χ1v) is 11.8. The number of rotatable bonds is 10. The van der Waals surface area contributed by atoms with Crippen molar-refractivity contribution >= 4 is 17.7 Å². The molecule has 0 unspecified atom stereocenters. The van der Waals surface area contributed by atoms with Crippen LogP contribution in [-0.4, -0.2) is 44.6 Å². The molecule has 4 aromatic rings. The summed E-state index contributed by atoms with van der Waals surface area (Å²) in [5.74, 6) is -0.966. The number of nitrogens with zero attached hydrogens (tertiary/aromatic N) is 5. The maximum absolute atomic E-state index is 13.7. The van der Waals surface area contributed by atoms with Crippen LogP contribution in [0.4, 0.5) is 24.9 Å². The second-order valence-corrected chi connectivity index (χ2v) is 8.68. The highest BCUT2D eigenvalue weighted by atomic mass is 19.3. The summed E-state index contributed by atoms with van der Waals surface area (Å²) in [4.78, 5) is 29.6. The number of alkyl halides is 2. The van der Waals surface area contributed by atoms with Gasteiger partial charge in [0.25, 0.3) is 6.43 Å². The third-order valence-electron chi connectivity index (χ3n) is 5.70. The Bertz CT molecular complexity index is 1480. The first-order valence-electron chi connectivity index (χ1n) is 11.8. The summed E-state index contributed by atoms with van der Waals surface area (Å²) < 4.78 is 46.9. The fourth-order valence-electron chi connectivity index (χ4n) is 3.87. The zero-order valence-electron chi connectivity index (χ0n) is 21.1. The van der Waals surface area contributed by atoms with Crippen molar-refractivity contribution in [2.75, 3.05) is 24.2 Å². The fourth-order valence-corrected chi connectivity index (χ4v) is 3.87. The Hall–Kier alpha value is -4.74. The maximum atomic E-state index is 13.7. The standard InChI is InChI=1S/C27H25F3N6O3/c1-15-12-17(13-20(32-15)25(29)30)23-24(16-6-8-18(28)9-7-16)34-27(31)35-26(23)39-14-19-4-3-5-21(33-19)36(2)11-10-22(37)38/h3-9,12-13,25H,10-11,14H2,1-2H3,(H,37,38)(H2,31,34,35). The predicted octanol–water partition coefficient (Wildman–Crippen LogP) is 5.06. The van der Waals surface area contributed by atoms with E-state index in [4.69, 9.17) is 15.6 Å². The zero-order valence-corrected chi connectivity index (χ0v) is 21.1. The molecule has 0 atom stereocenters. The molecule has 4 rings (SSSR count). The second-order valence-electron chi connectivity index (χ2n) is 8.68. The molecular weight excluding hydrogens is 513 g/mol. The molecule has 0 radical (unpaired) electrons. The Balaban J connectivity index is 1.76. The van der Waals surface area contributed by atoms with Gasteiger partial charge in [-0.25, -0.2) is 23.1 Å². The minimum atomic E-state index is -2.82. The van der Waals surface area contributed by atoms with Crippen LogP contribution in [0.2, 0.25) is 0 Å². The van der Waals surface area contributed by atoms with Gasteiger partial charge in [-0.05, 0) is 61.0 Å². The number of nitrogens with two attached hydrogens (primary N) is 1. The number of hydrogen-bond acceptors (Lipinski definition) is 8. The lowest BCUT2D eigenvalue weighted by Gasteiger charge is -2.18. The molecule has 0 saturated carbocycles. The van der Waals surface area contributed by atoms with Crippen LogP contribution in [0.1, 0.15) is 29.9 Å². The van der Waals surface area contributed by atoms with E-state index < -0.39 is 23.9 Å². The summed E-state index contributed by atoms with van der Waals surface area (Å²) in [6, 6.07) is 13.5. The van der Waals surface area contributed by atoms with Crippen molar-refractivity contribution in [1.29, 1.82) is 0 Å². The van der Waals surface area contributed by atoms with Crippen molar-refractivity contribution < 1.29 is 27.8 Å². The summed E-state index contributed by atoms with van der Waals surface area (Å²) >= 11 is 0. The van der Waals surface area contributed by atoms with Crippen LogP contribution in [0.5, 0.6) is 5.88 Å². The fraction of sp³-hybridized carbons (Fsp3) is 0.222. The summed E-state index contributed by atoms with van der Waals surface area (Å²) in [7, 11) is 1.72. The van der Waals surface area contributed by atoms with Gasteiger partial charge in [0.2, 0.25) is 11.8 Å². The Morgan fingerprint density at radius 2 is 1.79 bits per heavy atom. The van der Waals surface area contributed by atoms with E-state index in [2.05, 4.69) is 19.9 Å². The minimum Gasteiger partial charge on any atom is -0.481 e. The molecule has 0 fully saturated rings. The summed E-state index contributed by atoms with van der Waals surface area (Å²) in [6.45, 7) is 1.77. The highest BCUT2D eigenvalue weighted by Gasteiger charge is 2.22. The van der Waals surface area contributed by atoms with Gasteiger partial charge in [-0.3, -0.25) is 9.78 Å². The van der Waals surface area contributed by atoms with Crippen molar-refractivity contribution in [2.24, 2.45) is 0 Å². The van der Waals surface area contributed by atoms with Gasteiger partial charge in [-0.15, -0.1) is 0 Å². The molecule has 9 nitrogen and oxygen atoms in total. The number of nitrogen functional groups attached to an aromatic ring is 1. The van der Waals surface area contributed by atoms with E-state index in [0.717, 1.165) is 0 Å². The number of aromatic nitrogens is 4. The largest absolute Gasteiger partial charge is 0.481 e. The third kappa shape index (κ3) is 6.78. The molecule has 3 aromatic heterocycles. The topological polar surface area (TPSA) is 127 Å². The van der Waals surface area contributed by atoms with E-state index >= 15 is 0 Å². The quantitative estimate of drug-likeness (QED) is 0.285. The van der Waals surface area contributed by atoms with Crippen molar-refractivity contribution in [3.8, 4) is 28.3 Å². The smallest absolute Gasteiger partial charge is 0.305 e. The molecule has 0 aliphatic rings. The van der Waals surface area contributed by atoms with Gasteiger partial charge in [-0.2, -0.15) is 4.98 Å². The van der Waals surface area contributed by atoms with Crippen LogP contribution in [0.15, 0.2) is 54.6 Å². The average Bonchev–Trinajstić information content (AvgIpc) is 2.90. The molecule has 12 heteroatoms. The number of aliphatic carboxylic acids is 1. The summed E-state index contributed by atoms with van der Waals surface area (Å²) in [5, 5.41) is 8.95. The molecule has 0 aliphatic carbocycles. The number of carboxylic acids is 1. The lowest BCUT2D eigenvalue weighted by atomic mass is 9.99. The van der Waals surface area contributed by atoms with Gasteiger partial charge >= 0.3 is 5.97 Å². The van der Waals surface area contributed by atoms with Gasteiger partial charge in [-0.1, -0.05) is 6.07 Å². The summed E-state index contributed by atoms with van der Waals surface area (Å²) in [5.41, 5.74) is 7.73. The molecule has 0 saturated heterocycles. The predicted molar refractivity (Wildman–Crippen MR) is 139 cm³/mol. The first-order chi connectivity index (χ1) is 18.6. The number of ether oxygens (including phenoxy) is 1. The first kappa shape index (κ1) is 27.3. The summed E-state index contributed by atoms with van der Waals surface area (Å²) in [6.07, 6.45) is -2.87. The van der Waals surface area contributed by atoms with E-state index in [1.807, 2.05) is 0 Å². The highest BCUT2D eigenvalue weighted by molar-refractivity contribution is 5.85. The lowest BCUT2D eigenvalue weighted by Crippen LogP contribution is -2.22. The Labute approximate surface area is 222 Å². The average molecular weight is 539 g/mol. The van der Waals surface area contributed by atoms with Gasteiger partial charge in [0.1, 0.15) is 23.9 Å². The molecule has 0 bridgehead atoms. The van der Waals surface area contributed by atoms with Crippen molar-refractivity contribution in [2.45, 2.75) is 26.4 Å². The molecular formula is C27H25F3N6O3. The molecule has 39 heavy (non-hydrogen) atoms. The van der Waals surface area contributed by atoms with E-state index in [1.165, 1.54) is 30.3 Å². The van der Waals surface area contributed by atoms with Crippen molar-refractivity contribution in [3.05, 3.63) is 77.5 Å². The van der Waals surface area contributed by atoms with Gasteiger partial charge in [0.15, 0.2) is 0 Å². The number of carbonyl (C=O) groups is 1. The van der Waals surface area contributed by atoms with Crippen molar-refractivity contribution in [3.63, 3.8) is 0 Å². The van der Waals surface area contributed by atoms with Crippen LogP contribution in [0.25, 0.3) is 22.4 Å². The van der Waals surface area contributed by atoms with E-state index in [9.17, 15) is 18.0 Å². The number of aryl methyl sites for hydroxylation is 1. The zero-order chi connectivity index (χ0) is 28.1. The molecule has 3 heterocycles.